The Bertz CT molecular complexity index is 481. The number of amides is 1. The van der Waals surface area contributed by atoms with Crippen molar-refractivity contribution in [3.8, 4) is 5.75 Å². The summed E-state index contributed by atoms with van der Waals surface area (Å²) < 4.78 is 58.6. The van der Waals surface area contributed by atoms with Gasteiger partial charge in [-0.15, -0.1) is 0 Å². The lowest BCUT2D eigenvalue weighted by Gasteiger charge is -2.20. The molecule has 0 spiro atoms. The van der Waals surface area contributed by atoms with Gasteiger partial charge in [0, 0.05) is 5.56 Å². The Hall–Kier alpha value is -1.99. The van der Waals surface area contributed by atoms with E-state index < -0.39 is 30.4 Å². The summed E-state index contributed by atoms with van der Waals surface area (Å²) in [5.41, 5.74) is 0.147. The van der Waals surface area contributed by atoms with Crippen LogP contribution in [0.1, 0.15) is 11.6 Å². The largest absolute Gasteiger partial charge is 0.461 e. The highest BCUT2D eigenvalue weighted by Gasteiger charge is 2.44. The Kier molecular flexibility index (Phi) is 3.50. The maximum Gasteiger partial charge on any atom is 0.461 e. The standard InChI is InChI=1S/C11H9F4NO3/c12-9(13)11(14,15)19-8-4-2-1-3-6(8)7-5-18-10(17)16-7/h1-4,7,9H,5H2,(H,16,17)/t7-/m1/s1. The number of carbonyl (C=O) groups excluding carboxylic acids is 1. The molecule has 1 aromatic rings. The molecule has 0 unspecified atom stereocenters. The Morgan fingerprint density at radius 1 is 1.37 bits per heavy atom. The van der Waals surface area contributed by atoms with Crippen LogP contribution < -0.4 is 10.1 Å². The van der Waals surface area contributed by atoms with Gasteiger partial charge in [-0.05, 0) is 6.07 Å². The summed E-state index contributed by atoms with van der Waals surface area (Å²) in [5, 5.41) is 2.35. The minimum atomic E-state index is -4.60. The van der Waals surface area contributed by atoms with Crippen LogP contribution >= 0.6 is 0 Å². The van der Waals surface area contributed by atoms with Crippen molar-refractivity contribution < 1.29 is 31.8 Å². The second kappa shape index (κ2) is 4.94. The molecule has 0 bridgehead atoms. The predicted molar refractivity (Wildman–Crippen MR) is 55.2 cm³/mol. The first-order valence-electron chi connectivity index (χ1n) is 5.27. The summed E-state index contributed by atoms with van der Waals surface area (Å²) in [6.07, 6.45) is -9.25. The number of alkyl carbamates (subject to hydrolysis) is 1. The van der Waals surface area contributed by atoms with Crippen molar-refractivity contribution in [1.82, 2.24) is 5.32 Å². The smallest absolute Gasteiger partial charge is 0.447 e. The van der Waals surface area contributed by atoms with E-state index in [9.17, 15) is 22.4 Å². The van der Waals surface area contributed by atoms with Crippen LogP contribution in [0.4, 0.5) is 22.4 Å². The maximum atomic E-state index is 12.9. The van der Waals surface area contributed by atoms with Crippen LogP contribution in [0, 0.1) is 0 Å². The third-order valence-corrected chi connectivity index (χ3v) is 2.47. The molecule has 1 aliphatic heterocycles. The van der Waals surface area contributed by atoms with Crippen LogP contribution in [0.3, 0.4) is 0 Å². The van der Waals surface area contributed by atoms with Gasteiger partial charge in [0.15, 0.2) is 0 Å². The third kappa shape index (κ3) is 2.88. The summed E-state index contributed by atoms with van der Waals surface area (Å²) in [4.78, 5) is 10.9. The highest BCUT2D eigenvalue weighted by atomic mass is 19.3. The van der Waals surface area contributed by atoms with Gasteiger partial charge >= 0.3 is 18.6 Å². The number of para-hydroxylation sites is 1. The van der Waals surface area contributed by atoms with E-state index in [2.05, 4.69) is 14.8 Å². The van der Waals surface area contributed by atoms with Crippen molar-refractivity contribution >= 4 is 6.09 Å². The molecule has 2 rings (SSSR count). The molecular formula is C11H9F4NO3. The molecule has 1 saturated heterocycles. The number of nitrogens with one attached hydrogen (secondary N) is 1. The monoisotopic (exact) mass is 279 g/mol. The molecule has 1 atom stereocenters. The van der Waals surface area contributed by atoms with E-state index in [-0.39, 0.29) is 12.2 Å². The number of benzene rings is 1. The Balaban J connectivity index is 2.24. The van der Waals surface area contributed by atoms with E-state index in [4.69, 9.17) is 0 Å². The maximum absolute atomic E-state index is 12.9. The lowest BCUT2D eigenvalue weighted by molar-refractivity contribution is -0.253. The molecule has 1 aromatic carbocycles. The molecule has 0 aromatic heterocycles. The van der Waals surface area contributed by atoms with Gasteiger partial charge in [-0.2, -0.15) is 17.6 Å². The third-order valence-electron chi connectivity index (χ3n) is 2.47. The first-order chi connectivity index (χ1) is 8.90. The van der Waals surface area contributed by atoms with Crippen molar-refractivity contribution in [2.24, 2.45) is 0 Å². The SMILES string of the molecule is O=C1N[C@@H](c2ccccc2OC(F)(F)C(F)F)CO1. The highest BCUT2D eigenvalue weighted by Crippen LogP contribution is 2.33. The Labute approximate surface area is 105 Å². The van der Waals surface area contributed by atoms with Gasteiger partial charge < -0.3 is 14.8 Å². The van der Waals surface area contributed by atoms with E-state index in [1.54, 1.807) is 0 Å². The number of carbonyl (C=O) groups is 1. The fourth-order valence-electron chi connectivity index (χ4n) is 1.60. The molecule has 1 aliphatic rings. The average Bonchev–Trinajstić information content (AvgIpc) is 2.76. The molecule has 1 fully saturated rings. The van der Waals surface area contributed by atoms with Gasteiger partial charge in [0.1, 0.15) is 12.4 Å². The zero-order valence-corrected chi connectivity index (χ0v) is 9.41. The van der Waals surface area contributed by atoms with Crippen LogP contribution in [0.25, 0.3) is 0 Å². The first-order valence-corrected chi connectivity index (χ1v) is 5.27. The molecule has 8 heteroatoms. The van der Waals surface area contributed by atoms with Crippen molar-refractivity contribution in [2.45, 2.75) is 18.6 Å². The molecule has 4 nitrogen and oxygen atoms in total. The van der Waals surface area contributed by atoms with E-state index in [0.717, 1.165) is 6.07 Å². The predicted octanol–water partition coefficient (Wildman–Crippen LogP) is 2.70. The summed E-state index contributed by atoms with van der Waals surface area (Å²) in [6, 6.07) is 4.66. The Morgan fingerprint density at radius 2 is 2.05 bits per heavy atom. The molecule has 19 heavy (non-hydrogen) atoms. The fraction of sp³-hybridized carbons (Fsp3) is 0.364. The van der Waals surface area contributed by atoms with Crippen LogP contribution in [-0.4, -0.2) is 25.2 Å². The fourth-order valence-corrected chi connectivity index (χ4v) is 1.60. The molecule has 1 N–H and O–H groups in total. The molecular weight excluding hydrogens is 270 g/mol. The van der Waals surface area contributed by atoms with Crippen molar-refractivity contribution in [3.63, 3.8) is 0 Å². The van der Waals surface area contributed by atoms with Crippen LogP contribution in [0.2, 0.25) is 0 Å². The normalized spacial score (nSPS) is 19.2. The van der Waals surface area contributed by atoms with Gasteiger partial charge in [-0.25, -0.2) is 4.79 Å². The van der Waals surface area contributed by atoms with E-state index in [1.165, 1.54) is 18.2 Å². The zero-order chi connectivity index (χ0) is 14.0. The van der Waals surface area contributed by atoms with Crippen LogP contribution in [0.15, 0.2) is 24.3 Å². The van der Waals surface area contributed by atoms with Crippen molar-refractivity contribution in [2.75, 3.05) is 6.61 Å². The zero-order valence-electron chi connectivity index (χ0n) is 9.41. The van der Waals surface area contributed by atoms with Gasteiger partial charge in [-0.1, -0.05) is 18.2 Å². The lowest BCUT2D eigenvalue weighted by Crippen LogP contribution is -2.34. The minimum absolute atomic E-state index is 0.0839. The summed E-state index contributed by atoms with van der Waals surface area (Å²) in [6.45, 7) is -0.0839. The number of rotatable bonds is 4. The van der Waals surface area contributed by atoms with Gasteiger partial charge in [0.05, 0.1) is 6.04 Å². The number of alkyl halides is 4. The number of ether oxygens (including phenoxy) is 2. The molecule has 1 heterocycles. The summed E-state index contributed by atoms with van der Waals surface area (Å²) in [5.74, 6) is -0.427. The quantitative estimate of drug-likeness (QED) is 0.862. The number of hydrogen-bond acceptors (Lipinski definition) is 3. The number of hydrogen-bond donors (Lipinski definition) is 1. The second-order valence-corrected chi connectivity index (χ2v) is 3.80. The number of halogens is 4. The van der Waals surface area contributed by atoms with Gasteiger partial charge in [-0.3, -0.25) is 0 Å². The van der Waals surface area contributed by atoms with Gasteiger partial charge in [0.25, 0.3) is 0 Å². The lowest BCUT2D eigenvalue weighted by atomic mass is 10.1. The minimum Gasteiger partial charge on any atom is -0.447 e. The first kappa shape index (κ1) is 13.4. The van der Waals surface area contributed by atoms with Crippen LogP contribution in [-0.2, 0) is 4.74 Å². The highest BCUT2D eigenvalue weighted by molar-refractivity contribution is 5.70. The summed E-state index contributed by atoms with van der Waals surface area (Å²) in [7, 11) is 0. The summed E-state index contributed by atoms with van der Waals surface area (Å²) >= 11 is 0. The van der Waals surface area contributed by atoms with Gasteiger partial charge in [0.2, 0.25) is 0 Å². The average molecular weight is 279 g/mol. The van der Waals surface area contributed by atoms with Crippen LogP contribution in [0.5, 0.6) is 5.75 Å². The van der Waals surface area contributed by atoms with E-state index >= 15 is 0 Å². The molecule has 0 aliphatic carbocycles. The molecule has 1 amide bonds. The van der Waals surface area contributed by atoms with E-state index in [0.29, 0.717) is 0 Å². The molecule has 0 saturated carbocycles. The molecule has 0 radical (unpaired) electrons. The molecule has 104 valence electrons. The second-order valence-electron chi connectivity index (χ2n) is 3.80. The van der Waals surface area contributed by atoms with Crippen molar-refractivity contribution in [3.05, 3.63) is 29.8 Å². The van der Waals surface area contributed by atoms with Crippen molar-refractivity contribution in [1.29, 1.82) is 0 Å². The Morgan fingerprint density at radius 3 is 2.63 bits per heavy atom. The van der Waals surface area contributed by atoms with E-state index in [1.807, 2.05) is 0 Å². The number of cyclic esters (lactones) is 1. The topological polar surface area (TPSA) is 47.6 Å².